The van der Waals surface area contributed by atoms with Crippen LogP contribution in [0.2, 0.25) is 0 Å². The van der Waals surface area contributed by atoms with E-state index in [1.807, 2.05) is 35.2 Å². The zero-order valence-electron chi connectivity index (χ0n) is 13.4. The SMILES string of the molecule is CC(=O)N1CCC(O)(c2ccccc2)C(N2CCCCC2)C1. The molecule has 1 N–H and O–H groups in total. The summed E-state index contributed by atoms with van der Waals surface area (Å²) in [5, 5.41) is 11.5. The quantitative estimate of drug-likeness (QED) is 0.908. The van der Waals surface area contributed by atoms with Crippen LogP contribution >= 0.6 is 0 Å². The Morgan fingerprint density at radius 3 is 2.45 bits per heavy atom. The van der Waals surface area contributed by atoms with Gasteiger partial charge in [-0.3, -0.25) is 9.69 Å². The van der Waals surface area contributed by atoms with E-state index in [9.17, 15) is 9.90 Å². The highest BCUT2D eigenvalue weighted by atomic mass is 16.3. The first-order valence-electron chi connectivity index (χ1n) is 8.39. The monoisotopic (exact) mass is 302 g/mol. The Labute approximate surface area is 132 Å². The van der Waals surface area contributed by atoms with Crippen LogP contribution in [0.15, 0.2) is 30.3 Å². The molecular weight excluding hydrogens is 276 g/mol. The van der Waals surface area contributed by atoms with Gasteiger partial charge in [0.05, 0.1) is 6.04 Å². The van der Waals surface area contributed by atoms with Gasteiger partial charge in [0.2, 0.25) is 5.91 Å². The van der Waals surface area contributed by atoms with Gasteiger partial charge in [-0.05, 0) is 37.9 Å². The summed E-state index contributed by atoms with van der Waals surface area (Å²) in [5.74, 6) is 0.108. The van der Waals surface area contributed by atoms with E-state index >= 15 is 0 Å². The molecule has 22 heavy (non-hydrogen) atoms. The number of rotatable bonds is 2. The smallest absolute Gasteiger partial charge is 0.219 e. The Bertz CT molecular complexity index is 513. The second-order valence-corrected chi connectivity index (χ2v) is 6.62. The summed E-state index contributed by atoms with van der Waals surface area (Å²) in [5.41, 5.74) is 0.124. The van der Waals surface area contributed by atoms with Crippen LogP contribution in [0.4, 0.5) is 0 Å². The summed E-state index contributed by atoms with van der Waals surface area (Å²) < 4.78 is 0. The third kappa shape index (κ3) is 2.90. The molecule has 0 saturated carbocycles. The zero-order valence-corrected chi connectivity index (χ0v) is 13.4. The number of hydrogen-bond donors (Lipinski definition) is 1. The summed E-state index contributed by atoms with van der Waals surface area (Å²) in [6, 6.07) is 9.97. The molecule has 2 heterocycles. The molecule has 0 bridgehead atoms. The number of aliphatic hydroxyl groups is 1. The average Bonchev–Trinajstić information content (AvgIpc) is 2.56. The summed E-state index contributed by atoms with van der Waals surface area (Å²) >= 11 is 0. The highest BCUT2D eigenvalue weighted by Gasteiger charge is 2.46. The lowest BCUT2D eigenvalue weighted by atomic mass is 9.79. The highest BCUT2D eigenvalue weighted by Crippen LogP contribution is 2.37. The number of nitrogens with zero attached hydrogens (tertiary/aromatic N) is 2. The Morgan fingerprint density at radius 1 is 1.14 bits per heavy atom. The number of carbonyl (C=O) groups is 1. The van der Waals surface area contributed by atoms with E-state index in [1.165, 1.54) is 19.3 Å². The van der Waals surface area contributed by atoms with Gasteiger partial charge < -0.3 is 10.0 Å². The maximum Gasteiger partial charge on any atom is 0.219 e. The van der Waals surface area contributed by atoms with E-state index in [0.717, 1.165) is 18.7 Å². The van der Waals surface area contributed by atoms with E-state index in [0.29, 0.717) is 19.5 Å². The number of amides is 1. The molecule has 120 valence electrons. The maximum atomic E-state index is 11.8. The molecule has 1 amide bonds. The molecule has 0 aliphatic carbocycles. The molecule has 0 spiro atoms. The predicted octanol–water partition coefficient (Wildman–Crippen LogP) is 1.98. The lowest BCUT2D eigenvalue weighted by Gasteiger charge is -2.50. The van der Waals surface area contributed by atoms with E-state index in [4.69, 9.17) is 0 Å². The van der Waals surface area contributed by atoms with Gasteiger partial charge in [0.1, 0.15) is 5.60 Å². The normalized spacial score (nSPS) is 30.3. The van der Waals surface area contributed by atoms with Crippen molar-refractivity contribution < 1.29 is 9.90 Å². The van der Waals surface area contributed by atoms with Crippen molar-refractivity contribution in [3.63, 3.8) is 0 Å². The standard InChI is InChI=1S/C18H26N2O2/c1-15(21)20-13-10-18(22,16-8-4-2-5-9-16)17(14-20)19-11-6-3-7-12-19/h2,4-5,8-9,17,22H,3,6-7,10-14H2,1H3. The van der Waals surface area contributed by atoms with Crippen molar-refractivity contribution in [3.05, 3.63) is 35.9 Å². The van der Waals surface area contributed by atoms with Gasteiger partial charge in [0.15, 0.2) is 0 Å². The highest BCUT2D eigenvalue weighted by molar-refractivity contribution is 5.73. The number of likely N-dealkylation sites (tertiary alicyclic amines) is 2. The van der Waals surface area contributed by atoms with Crippen LogP contribution < -0.4 is 0 Å². The van der Waals surface area contributed by atoms with E-state index < -0.39 is 5.60 Å². The van der Waals surface area contributed by atoms with Crippen LogP contribution in [0.5, 0.6) is 0 Å². The molecule has 4 nitrogen and oxygen atoms in total. The minimum absolute atomic E-state index is 0.00662. The first kappa shape index (κ1) is 15.5. The average molecular weight is 302 g/mol. The first-order chi connectivity index (χ1) is 10.6. The number of piperidine rings is 2. The minimum atomic E-state index is -0.857. The molecule has 2 saturated heterocycles. The summed E-state index contributed by atoms with van der Waals surface area (Å²) in [6.07, 6.45) is 4.24. The Morgan fingerprint density at radius 2 is 1.82 bits per heavy atom. The molecule has 2 aliphatic heterocycles. The van der Waals surface area contributed by atoms with Crippen LogP contribution in [0, 0.1) is 0 Å². The van der Waals surface area contributed by atoms with Crippen LogP contribution in [-0.4, -0.2) is 53.0 Å². The third-order valence-corrected chi connectivity index (χ3v) is 5.26. The van der Waals surface area contributed by atoms with Crippen molar-refractivity contribution >= 4 is 5.91 Å². The van der Waals surface area contributed by atoms with Crippen molar-refractivity contribution in [1.29, 1.82) is 0 Å². The first-order valence-corrected chi connectivity index (χ1v) is 8.39. The summed E-state index contributed by atoms with van der Waals surface area (Å²) in [6.45, 7) is 4.92. The number of hydrogen-bond acceptors (Lipinski definition) is 3. The molecule has 0 aromatic heterocycles. The Hall–Kier alpha value is -1.39. The third-order valence-electron chi connectivity index (χ3n) is 5.26. The van der Waals surface area contributed by atoms with E-state index in [1.54, 1.807) is 6.92 Å². The molecule has 3 rings (SSSR count). The van der Waals surface area contributed by atoms with Crippen molar-refractivity contribution in [1.82, 2.24) is 9.80 Å². The second kappa shape index (κ2) is 6.39. The topological polar surface area (TPSA) is 43.8 Å². The van der Waals surface area contributed by atoms with Crippen LogP contribution in [0.3, 0.4) is 0 Å². The Kier molecular flexibility index (Phi) is 4.50. The minimum Gasteiger partial charge on any atom is -0.383 e. The van der Waals surface area contributed by atoms with Crippen molar-refractivity contribution in [2.45, 2.75) is 44.2 Å². The molecule has 2 fully saturated rings. The molecule has 1 aromatic carbocycles. The molecule has 4 heteroatoms. The van der Waals surface area contributed by atoms with Gasteiger partial charge in [-0.25, -0.2) is 0 Å². The molecule has 2 atom stereocenters. The number of benzene rings is 1. The van der Waals surface area contributed by atoms with Crippen molar-refractivity contribution in [3.8, 4) is 0 Å². The molecule has 2 unspecified atom stereocenters. The van der Waals surface area contributed by atoms with Gasteiger partial charge in [-0.2, -0.15) is 0 Å². The van der Waals surface area contributed by atoms with Crippen LogP contribution in [0.25, 0.3) is 0 Å². The van der Waals surface area contributed by atoms with Gasteiger partial charge in [0.25, 0.3) is 0 Å². The van der Waals surface area contributed by atoms with Crippen LogP contribution in [-0.2, 0) is 10.4 Å². The number of carbonyl (C=O) groups excluding carboxylic acids is 1. The fourth-order valence-corrected chi connectivity index (χ4v) is 3.92. The van der Waals surface area contributed by atoms with Gasteiger partial charge >= 0.3 is 0 Å². The van der Waals surface area contributed by atoms with Crippen molar-refractivity contribution in [2.75, 3.05) is 26.2 Å². The fraction of sp³-hybridized carbons (Fsp3) is 0.611. The maximum absolute atomic E-state index is 11.8. The molecule has 0 radical (unpaired) electrons. The van der Waals surface area contributed by atoms with E-state index in [2.05, 4.69) is 4.90 Å². The van der Waals surface area contributed by atoms with Gasteiger partial charge in [0, 0.05) is 20.0 Å². The predicted molar refractivity (Wildman–Crippen MR) is 86.4 cm³/mol. The van der Waals surface area contributed by atoms with Gasteiger partial charge in [-0.1, -0.05) is 36.8 Å². The summed E-state index contributed by atoms with van der Waals surface area (Å²) in [7, 11) is 0. The molecular formula is C18H26N2O2. The zero-order chi connectivity index (χ0) is 15.6. The molecule has 2 aliphatic rings. The van der Waals surface area contributed by atoms with Crippen molar-refractivity contribution in [2.24, 2.45) is 0 Å². The van der Waals surface area contributed by atoms with E-state index in [-0.39, 0.29) is 11.9 Å². The summed E-state index contributed by atoms with van der Waals surface area (Å²) in [4.78, 5) is 16.1. The van der Waals surface area contributed by atoms with Crippen LogP contribution in [0.1, 0.15) is 38.2 Å². The lowest BCUT2D eigenvalue weighted by molar-refractivity contribution is -0.142. The Balaban J connectivity index is 1.90. The second-order valence-electron chi connectivity index (χ2n) is 6.62. The van der Waals surface area contributed by atoms with Gasteiger partial charge in [-0.15, -0.1) is 0 Å². The lowest BCUT2D eigenvalue weighted by Crippen LogP contribution is -2.62. The largest absolute Gasteiger partial charge is 0.383 e. The fourth-order valence-electron chi connectivity index (χ4n) is 3.92. The molecule has 1 aromatic rings.